The van der Waals surface area contributed by atoms with E-state index in [4.69, 9.17) is 5.11 Å². The molecule has 0 heterocycles. The molecule has 0 saturated carbocycles. The Morgan fingerprint density at radius 2 is 2.00 bits per heavy atom. The number of carbonyl (C=O) groups is 1. The fraction of sp³-hybridized carbons (Fsp3) is 0.300. The fourth-order valence-electron chi connectivity index (χ4n) is 1.14. The van der Waals surface area contributed by atoms with Crippen molar-refractivity contribution in [2.45, 2.75) is 12.3 Å². The molecular formula is C10H9F4NO2. The van der Waals surface area contributed by atoms with Gasteiger partial charge in [-0.1, -0.05) is 6.07 Å². The second-order valence-corrected chi connectivity index (χ2v) is 3.31. The normalized spacial score (nSPS) is 11.6. The predicted molar refractivity (Wildman–Crippen MR) is 52.5 cm³/mol. The van der Waals surface area contributed by atoms with Crippen LogP contribution >= 0.6 is 0 Å². The number of hydrogen-bond acceptors (Lipinski definition) is 2. The Hall–Kier alpha value is -1.79. The molecule has 0 aromatic heterocycles. The summed E-state index contributed by atoms with van der Waals surface area (Å²) in [5.74, 6) is -7.04. The van der Waals surface area contributed by atoms with Crippen LogP contribution in [-0.2, 0) is 4.79 Å². The molecule has 0 saturated heterocycles. The lowest BCUT2D eigenvalue weighted by Crippen LogP contribution is -2.46. The molecule has 0 aliphatic carbocycles. The van der Waals surface area contributed by atoms with Crippen LogP contribution in [-0.4, -0.2) is 30.4 Å². The van der Waals surface area contributed by atoms with Gasteiger partial charge in [0.2, 0.25) is 0 Å². The van der Waals surface area contributed by atoms with Gasteiger partial charge < -0.3 is 10.0 Å². The summed E-state index contributed by atoms with van der Waals surface area (Å²) in [6.45, 7) is 0. The SMILES string of the molecule is CN(C(=O)C(F)(F)C(F)F)c1cccc(O)c1. The van der Waals surface area contributed by atoms with Crippen molar-refractivity contribution in [3.8, 4) is 5.75 Å². The second-order valence-electron chi connectivity index (χ2n) is 3.31. The molecule has 0 aliphatic heterocycles. The first-order chi connectivity index (χ1) is 7.76. The van der Waals surface area contributed by atoms with E-state index in [9.17, 15) is 22.4 Å². The summed E-state index contributed by atoms with van der Waals surface area (Å²) in [5, 5.41) is 9.08. The molecule has 7 heteroatoms. The van der Waals surface area contributed by atoms with Gasteiger partial charge in [0.05, 0.1) is 0 Å². The first-order valence-corrected chi connectivity index (χ1v) is 4.50. The number of phenolic OH excluding ortho intramolecular Hbond substituents is 1. The summed E-state index contributed by atoms with van der Waals surface area (Å²) >= 11 is 0. The monoisotopic (exact) mass is 251 g/mol. The number of anilines is 1. The van der Waals surface area contributed by atoms with Crippen molar-refractivity contribution in [2.75, 3.05) is 11.9 Å². The van der Waals surface area contributed by atoms with Gasteiger partial charge >= 0.3 is 18.3 Å². The average molecular weight is 251 g/mol. The number of rotatable bonds is 3. The quantitative estimate of drug-likeness (QED) is 0.837. The molecule has 1 amide bonds. The van der Waals surface area contributed by atoms with Crippen molar-refractivity contribution in [3.63, 3.8) is 0 Å². The van der Waals surface area contributed by atoms with Crippen LogP contribution in [0.5, 0.6) is 5.75 Å². The third kappa shape index (κ3) is 2.66. The summed E-state index contributed by atoms with van der Waals surface area (Å²) in [5.41, 5.74) is -0.102. The Labute approximate surface area is 94.3 Å². The van der Waals surface area contributed by atoms with Crippen LogP contribution in [0.1, 0.15) is 0 Å². The number of hydrogen-bond donors (Lipinski definition) is 1. The van der Waals surface area contributed by atoms with Gasteiger partial charge in [0, 0.05) is 18.8 Å². The summed E-state index contributed by atoms with van der Waals surface area (Å²) < 4.78 is 49.5. The highest BCUT2D eigenvalue weighted by molar-refractivity contribution is 5.98. The number of alkyl halides is 4. The summed E-state index contributed by atoms with van der Waals surface area (Å²) in [6, 6.07) is 4.81. The van der Waals surface area contributed by atoms with E-state index in [0.29, 0.717) is 4.90 Å². The number of amides is 1. The molecule has 1 rings (SSSR count). The van der Waals surface area contributed by atoms with Gasteiger partial charge in [-0.2, -0.15) is 8.78 Å². The molecule has 1 N–H and O–H groups in total. The number of benzene rings is 1. The van der Waals surface area contributed by atoms with Crippen molar-refractivity contribution in [3.05, 3.63) is 24.3 Å². The van der Waals surface area contributed by atoms with E-state index in [1.54, 1.807) is 0 Å². The van der Waals surface area contributed by atoms with Crippen molar-refractivity contribution in [2.24, 2.45) is 0 Å². The molecule has 0 radical (unpaired) electrons. The maximum absolute atomic E-state index is 12.8. The van der Waals surface area contributed by atoms with Gasteiger partial charge in [-0.3, -0.25) is 4.79 Å². The molecular weight excluding hydrogens is 242 g/mol. The van der Waals surface area contributed by atoms with Gasteiger partial charge in [0.25, 0.3) is 0 Å². The molecule has 0 unspecified atom stereocenters. The standard InChI is InChI=1S/C10H9F4NO2/c1-15(6-3-2-4-7(16)5-6)9(17)10(13,14)8(11)12/h2-5,8,16H,1H3. The number of nitrogens with zero attached hydrogens (tertiary/aromatic N) is 1. The Kier molecular flexibility index (Phi) is 3.59. The number of halogens is 4. The first kappa shape index (κ1) is 13.3. The van der Waals surface area contributed by atoms with E-state index >= 15 is 0 Å². The van der Waals surface area contributed by atoms with Crippen LogP contribution in [0.3, 0.4) is 0 Å². The second kappa shape index (κ2) is 4.60. The zero-order valence-electron chi connectivity index (χ0n) is 8.70. The van der Waals surface area contributed by atoms with Gasteiger partial charge in [0.15, 0.2) is 0 Å². The summed E-state index contributed by atoms with van der Waals surface area (Å²) in [4.78, 5) is 11.5. The van der Waals surface area contributed by atoms with E-state index in [0.717, 1.165) is 13.1 Å². The zero-order valence-corrected chi connectivity index (χ0v) is 8.70. The van der Waals surface area contributed by atoms with Crippen molar-refractivity contribution in [1.82, 2.24) is 0 Å². The third-order valence-corrected chi connectivity index (χ3v) is 2.08. The maximum atomic E-state index is 12.8. The van der Waals surface area contributed by atoms with Gasteiger partial charge in [-0.05, 0) is 12.1 Å². The molecule has 0 spiro atoms. The van der Waals surface area contributed by atoms with Gasteiger partial charge in [-0.25, -0.2) is 8.78 Å². The van der Waals surface area contributed by atoms with Crippen LogP contribution in [0.4, 0.5) is 23.2 Å². The summed E-state index contributed by atoms with van der Waals surface area (Å²) in [7, 11) is 0.924. The molecule has 1 aromatic rings. The smallest absolute Gasteiger partial charge is 0.384 e. The highest BCUT2D eigenvalue weighted by atomic mass is 19.3. The minimum Gasteiger partial charge on any atom is -0.508 e. The Morgan fingerprint density at radius 1 is 1.41 bits per heavy atom. The highest BCUT2D eigenvalue weighted by Crippen LogP contribution is 2.28. The van der Waals surface area contributed by atoms with Gasteiger partial charge in [-0.15, -0.1) is 0 Å². The summed E-state index contributed by atoms with van der Waals surface area (Å²) in [6.07, 6.45) is -4.07. The van der Waals surface area contributed by atoms with Crippen molar-refractivity contribution < 1.29 is 27.5 Å². The molecule has 94 valence electrons. The van der Waals surface area contributed by atoms with Crippen LogP contribution in [0.15, 0.2) is 24.3 Å². The Bertz CT molecular complexity index is 423. The molecule has 0 atom stereocenters. The molecule has 0 aliphatic rings. The van der Waals surface area contributed by atoms with E-state index in [2.05, 4.69) is 0 Å². The fourth-order valence-corrected chi connectivity index (χ4v) is 1.14. The lowest BCUT2D eigenvalue weighted by atomic mass is 10.2. The average Bonchev–Trinajstić information content (AvgIpc) is 2.26. The minimum absolute atomic E-state index is 0.102. The maximum Gasteiger partial charge on any atom is 0.384 e. The predicted octanol–water partition coefficient (Wildman–Crippen LogP) is 2.26. The van der Waals surface area contributed by atoms with Gasteiger partial charge in [0.1, 0.15) is 5.75 Å². The van der Waals surface area contributed by atoms with E-state index in [-0.39, 0.29) is 11.4 Å². The molecule has 1 aromatic carbocycles. The lowest BCUT2D eigenvalue weighted by Gasteiger charge is -2.22. The molecule has 0 bridgehead atoms. The number of aromatic hydroxyl groups is 1. The highest BCUT2D eigenvalue weighted by Gasteiger charge is 2.50. The van der Waals surface area contributed by atoms with E-state index in [1.165, 1.54) is 18.2 Å². The largest absolute Gasteiger partial charge is 0.508 e. The van der Waals surface area contributed by atoms with Crippen LogP contribution in [0.2, 0.25) is 0 Å². The van der Waals surface area contributed by atoms with Crippen LogP contribution < -0.4 is 4.90 Å². The molecule has 3 nitrogen and oxygen atoms in total. The van der Waals surface area contributed by atoms with E-state index < -0.39 is 18.3 Å². The van der Waals surface area contributed by atoms with E-state index in [1.807, 2.05) is 0 Å². The van der Waals surface area contributed by atoms with Crippen molar-refractivity contribution in [1.29, 1.82) is 0 Å². The van der Waals surface area contributed by atoms with Crippen LogP contribution in [0.25, 0.3) is 0 Å². The lowest BCUT2D eigenvalue weighted by molar-refractivity contribution is -0.166. The topological polar surface area (TPSA) is 40.5 Å². The zero-order chi connectivity index (χ0) is 13.2. The van der Waals surface area contributed by atoms with Crippen molar-refractivity contribution >= 4 is 11.6 Å². The minimum atomic E-state index is -4.75. The van der Waals surface area contributed by atoms with Crippen LogP contribution in [0, 0.1) is 0 Å². The Balaban J connectivity index is 2.98. The third-order valence-electron chi connectivity index (χ3n) is 2.08. The number of carbonyl (C=O) groups excluding carboxylic acids is 1. The molecule has 0 fully saturated rings. The Morgan fingerprint density at radius 3 is 2.47 bits per heavy atom. The molecule has 17 heavy (non-hydrogen) atoms. The number of phenols is 1. The first-order valence-electron chi connectivity index (χ1n) is 4.50.